The van der Waals surface area contributed by atoms with Crippen LogP contribution in [-0.4, -0.2) is 26.1 Å². The average molecular weight is 332 g/mol. The van der Waals surface area contributed by atoms with Crippen molar-refractivity contribution < 1.29 is 9.90 Å². The molecule has 0 amide bonds. The van der Waals surface area contributed by atoms with E-state index >= 15 is 0 Å². The van der Waals surface area contributed by atoms with Crippen LogP contribution in [0.15, 0.2) is 40.9 Å². The number of carboxylic acids is 1. The summed E-state index contributed by atoms with van der Waals surface area (Å²) in [6, 6.07) is 10.6. The maximum absolute atomic E-state index is 11.1. The van der Waals surface area contributed by atoms with Crippen molar-refractivity contribution in [3.05, 3.63) is 52.0 Å². The van der Waals surface area contributed by atoms with Gasteiger partial charge in [-0.15, -0.1) is 5.10 Å². The summed E-state index contributed by atoms with van der Waals surface area (Å²) in [5.74, 6) is -0.968. The Bertz CT molecular complexity index is 826. The summed E-state index contributed by atoms with van der Waals surface area (Å²) < 4.78 is 2.60. The predicted molar refractivity (Wildman–Crippen MR) is 78.3 cm³/mol. The van der Waals surface area contributed by atoms with Gasteiger partial charge < -0.3 is 5.11 Å². The summed E-state index contributed by atoms with van der Waals surface area (Å²) in [4.78, 5) is 11.1. The van der Waals surface area contributed by atoms with Gasteiger partial charge in [0.15, 0.2) is 0 Å². The second kappa shape index (κ2) is 4.72. The fourth-order valence-electron chi connectivity index (χ4n) is 1.96. The molecule has 0 unspecified atom stereocenters. The van der Waals surface area contributed by atoms with E-state index in [4.69, 9.17) is 5.11 Å². The number of rotatable bonds is 2. The number of benzene rings is 2. The van der Waals surface area contributed by atoms with E-state index in [-0.39, 0.29) is 5.56 Å². The van der Waals surface area contributed by atoms with E-state index in [1.165, 1.54) is 6.07 Å². The third-order valence-corrected chi connectivity index (χ3v) is 3.95. The standard InChI is InChI=1S/C14H10BrN3O2/c1-8-2-4-10(7-11(8)15)18-13-6-9(14(19)20)3-5-12(13)16-17-18/h2-7H,1H3,(H,19,20). The van der Waals surface area contributed by atoms with Crippen LogP contribution in [0.2, 0.25) is 0 Å². The highest BCUT2D eigenvalue weighted by Gasteiger charge is 2.11. The normalized spacial score (nSPS) is 10.9. The van der Waals surface area contributed by atoms with E-state index in [2.05, 4.69) is 26.2 Å². The number of hydrogen-bond acceptors (Lipinski definition) is 3. The molecule has 6 heteroatoms. The number of aryl methyl sites for hydroxylation is 1. The van der Waals surface area contributed by atoms with Gasteiger partial charge in [-0.05, 0) is 42.8 Å². The lowest BCUT2D eigenvalue weighted by molar-refractivity contribution is 0.0697. The highest BCUT2D eigenvalue weighted by Crippen LogP contribution is 2.23. The molecule has 1 N–H and O–H groups in total. The van der Waals surface area contributed by atoms with Crippen LogP contribution in [0.25, 0.3) is 16.7 Å². The van der Waals surface area contributed by atoms with Gasteiger partial charge >= 0.3 is 5.97 Å². The largest absolute Gasteiger partial charge is 0.478 e. The number of carbonyl (C=O) groups is 1. The molecule has 0 radical (unpaired) electrons. The Balaban J connectivity index is 2.22. The maximum Gasteiger partial charge on any atom is 0.335 e. The molecule has 0 bridgehead atoms. The summed E-state index contributed by atoms with van der Waals surface area (Å²) in [6.45, 7) is 2.00. The Labute approximate surface area is 123 Å². The minimum Gasteiger partial charge on any atom is -0.478 e. The van der Waals surface area contributed by atoms with Crippen molar-refractivity contribution in [3.63, 3.8) is 0 Å². The molecule has 3 rings (SSSR count). The van der Waals surface area contributed by atoms with Gasteiger partial charge in [0.05, 0.1) is 16.8 Å². The first-order valence-electron chi connectivity index (χ1n) is 5.91. The predicted octanol–water partition coefficient (Wildman–Crippen LogP) is 3.19. The Kier molecular flexibility index (Phi) is 3.02. The molecule has 0 aliphatic heterocycles. The summed E-state index contributed by atoms with van der Waals surface area (Å²) in [5, 5.41) is 17.2. The number of aromatic carboxylic acids is 1. The van der Waals surface area contributed by atoms with Crippen LogP contribution >= 0.6 is 15.9 Å². The fourth-order valence-corrected chi connectivity index (χ4v) is 2.32. The third-order valence-electron chi connectivity index (χ3n) is 3.09. The monoisotopic (exact) mass is 331 g/mol. The molecule has 0 atom stereocenters. The molecule has 2 aromatic carbocycles. The Morgan fingerprint density at radius 1 is 1.25 bits per heavy atom. The van der Waals surface area contributed by atoms with Gasteiger partial charge in [0.2, 0.25) is 0 Å². The summed E-state index contributed by atoms with van der Waals surface area (Å²) >= 11 is 3.48. The lowest BCUT2D eigenvalue weighted by atomic mass is 10.2. The molecule has 1 aromatic heterocycles. The van der Waals surface area contributed by atoms with Gasteiger partial charge in [-0.3, -0.25) is 0 Å². The van der Waals surface area contributed by atoms with E-state index < -0.39 is 5.97 Å². The van der Waals surface area contributed by atoms with Crippen molar-refractivity contribution in [3.8, 4) is 5.69 Å². The molecule has 0 fully saturated rings. The van der Waals surface area contributed by atoms with Gasteiger partial charge in [-0.25, -0.2) is 9.48 Å². The molecule has 0 saturated carbocycles. The first-order chi connectivity index (χ1) is 9.56. The van der Waals surface area contributed by atoms with Crippen molar-refractivity contribution in [1.82, 2.24) is 15.0 Å². The molecule has 1 heterocycles. The summed E-state index contributed by atoms with van der Waals surface area (Å²) in [5.41, 5.74) is 3.48. The minimum atomic E-state index is -0.968. The molecule has 3 aromatic rings. The van der Waals surface area contributed by atoms with Crippen molar-refractivity contribution >= 4 is 32.9 Å². The van der Waals surface area contributed by atoms with E-state index in [0.717, 1.165) is 15.7 Å². The molecule has 0 aliphatic carbocycles. The number of aromatic nitrogens is 3. The highest BCUT2D eigenvalue weighted by molar-refractivity contribution is 9.10. The van der Waals surface area contributed by atoms with Crippen LogP contribution in [0.5, 0.6) is 0 Å². The van der Waals surface area contributed by atoms with Crippen molar-refractivity contribution in [2.45, 2.75) is 6.92 Å². The molecule has 20 heavy (non-hydrogen) atoms. The zero-order valence-corrected chi connectivity index (χ0v) is 12.1. The average Bonchev–Trinajstić information content (AvgIpc) is 2.84. The van der Waals surface area contributed by atoms with E-state index in [9.17, 15) is 4.79 Å². The zero-order chi connectivity index (χ0) is 14.3. The first-order valence-corrected chi connectivity index (χ1v) is 6.71. The highest BCUT2D eigenvalue weighted by atomic mass is 79.9. The van der Waals surface area contributed by atoms with Crippen LogP contribution in [0.1, 0.15) is 15.9 Å². The molecule has 0 aliphatic rings. The van der Waals surface area contributed by atoms with Crippen LogP contribution in [0, 0.1) is 6.92 Å². The van der Waals surface area contributed by atoms with Crippen molar-refractivity contribution in [2.24, 2.45) is 0 Å². The second-order valence-corrected chi connectivity index (χ2v) is 5.30. The van der Waals surface area contributed by atoms with Crippen molar-refractivity contribution in [1.29, 1.82) is 0 Å². The van der Waals surface area contributed by atoms with Crippen LogP contribution in [0.3, 0.4) is 0 Å². The van der Waals surface area contributed by atoms with Gasteiger partial charge in [0.1, 0.15) is 5.52 Å². The molecular weight excluding hydrogens is 322 g/mol. The van der Waals surface area contributed by atoms with Crippen LogP contribution in [-0.2, 0) is 0 Å². The Morgan fingerprint density at radius 3 is 2.75 bits per heavy atom. The number of halogens is 1. The quantitative estimate of drug-likeness (QED) is 0.783. The summed E-state index contributed by atoms with van der Waals surface area (Å²) in [6.07, 6.45) is 0. The van der Waals surface area contributed by atoms with Gasteiger partial charge in [0.25, 0.3) is 0 Å². The lowest BCUT2D eigenvalue weighted by Gasteiger charge is -2.05. The van der Waals surface area contributed by atoms with Gasteiger partial charge in [0, 0.05) is 4.47 Å². The number of nitrogens with zero attached hydrogens (tertiary/aromatic N) is 3. The van der Waals surface area contributed by atoms with Gasteiger partial charge in [-0.1, -0.05) is 27.2 Å². The molecule has 100 valence electrons. The number of hydrogen-bond donors (Lipinski definition) is 1. The summed E-state index contributed by atoms with van der Waals surface area (Å²) in [7, 11) is 0. The minimum absolute atomic E-state index is 0.215. The first kappa shape index (κ1) is 12.8. The number of fused-ring (bicyclic) bond motifs is 1. The fraction of sp³-hybridized carbons (Fsp3) is 0.0714. The van der Waals surface area contributed by atoms with E-state index in [0.29, 0.717) is 11.0 Å². The Hall–Kier alpha value is -2.21. The number of carboxylic acid groups (broad SMARTS) is 1. The molecule has 0 saturated heterocycles. The van der Waals surface area contributed by atoms with Gasteiger partial charge in [-0.2, -0.15) is 0 Å². The smallest absolute Gasteiger partial charge is 0.335 e. The third kappa shape index (κ3) is 2.08. The SMILES string of the molecule is Cc1ccc(-n2nnc3ccc(C(=O)O)cc32)cc1Br. The lowest BCUT2D eigenvalue weighted by Crippen LogP contribution is -1.99. The van der Waals surface area contributed by atoms with E-state index in [1.54, 1.807) is 16.8 Å². The topological polar surface area (TPSA) is 68.0 Å². The molecule has 5 nitrogen and oxygen atoms in total. The van der Waals surface area contributed by atoms with Crippen LogP contribution < -0.4 is 0 Å². The van der Waals surface area contributed by atoms with Crippen LogP contribution in [0.4, 0.5) is 0 Å². The maximum atomic E-state index is 11.1. The van der Waals surface area contributed by atoms with Crippen molar-refractivity contribution in [2.75, 3.05) is 0 Å². The van der Waals surface area contributed by atoms with E-state index in [1.807, 2.05) is 25.1 Å². The molecule has 0 spiro atoms. The Morgan fingerprint density at radius 2 is 2.05 bits per heavy atom. The zero-order valence-electron chi connectivity index (χ0n) is 10.5. The second-order valence-electron chi connectivity index (χ2n) is 4.44. The molecular formula is C14H10BrN3O2.